The van der Waals surface area contributed by atoms with Crippen molar-refractivity contribution in [3.8, 4) is 5.75 Å². The zero-order chi connectivity index (χ0) is 14.8. The predicted octanol–water partition coefficient (Wildman–Crippen LogP) is 2.08. The van der Waals surface area contributed by atoms with Gasteiger partial charge in [0.2, 0.25) is 0 Å². The zero-order valence-electron chi connectivity index (χ0n) is 12.3. The fourth-order valence-electron chi connectivity index (χ4n) is 1.65. The molecule has 0 N–H and O–H groups in total. The quantitative estimate of drug-likeness (QED) is 0.486. The van der Waals surface area contributed by atoms with Gasteiger partial charge in [-0.2, -0.15) is 0 Å². The fourth-order valence-corrected chi connectivity index (χ4v) is 1.65. The molecule has 0 saturated carbocycles. The molecular formula is C15H22O5. The number of benzene rings is 1. The van der Waals surface area contributed by atoms with Crippen molar-refractivity contribution in [3.05, 3.63) is 29.3 Å². The number of methoxy groups -OCH3 is 2. The van der Waals surface area contributed by atoms with Crippen LogP contribution in [-0.2, 0) is 20.8 Å². The molecule has 0 radical (unpaired) electrons. The summed E-state index contributed by atoms with van der Waals surface area (Å²) in [6.45, 7) is 4.06. The first kappa shape index (κ1) is 16.6. The molecule has 0 aliphatic rings. The SMILES string of the molecule is COCCOCCOCc1cc(C(C)=O)ccc1OC. The van der Waals surface area contributed by atoms with Crippen LogP contribution < -0.4 is 4.74 Å². The van der Waals surface area contributed by atoms with Crippen molar-refractivity contribution in [2.24, 2.45) is 0 Å². The number of ether oxygens (including phenoxy) is 4. The molecule has 1 rings (SSSR count). The fraction of sp³-hybridized carbons (Fsp3) is 0.533. The maximum Gasteiger partial charge on any atom is 0.159 e. The highest BCUT2D eigenvalue weighted by Gasteiger charge is 2.07. The highest BCUT2D eigenvalue weighted by molar-refractivity contribution is 5.94. The number of Topliss-reactive ketones (excluding diaryl/α,β-unsaturated/α-hetero) is 1. The van der Waals surface area contributed by atoms with E-state index >= 15 is 0 Å². The van der Waals surface area contributed by atoms with Gasteiger partial charge in [0.05, 0.1) is 40.1 Å². The van der Waals surface area contributed by atoms with E-state index in [1.807, 2.05) is 0 Å². The van der Waals surface area contributed by atoms with Gasteiger partial charge in [0, 0.05) is 18.2 Å². The Morgan fingerprint density at radius 3 is 2.40 bits per heavy atom. The predicted molar refractivity (Wildman–Crippen MR) is 75.3 cm³/mol. The molecule has 0 bridgehead atoms. The van der Waals surface area contributed by atoms with Gasteiger partial charge in [-0.05, 0) is 25.1 Å². The molecule has 0 amide bonds. The van der Waals surface area contributed by atoms with E-state index in [2.05, 4.69) is 0 Å². The highest BCUT2D eigenvalue weighted by atomic mass is 16.5. The summed E-state index contributed by atoms with van der Waals surface area (Å²) in [5, 5.41) is 0. The van der Waals surface area contributed by atoms with Crippen LogP contribution in [0.4, 0.5) is 0 Å². The molecule has 1 aromatic rings. The van der Waals surface area contributed by atoms with Gasteiger partial charge in [0.25, 0.3) is 0 Å². The molecule has 5 heteroatoms. The highest BCUT2D eigenvalue weighted by Crippen LogP contribution is 2.21. The molecule has 0 unspecified atom stereocenters. The molecule has 5 nitrogen and oxygen atoms in total. The normalized spacial score (nSPS) is 10.6. The Labute approximate surface area is 119 Å². The van der Waals surface area contributed by atoms with Crippen molar-refractivity contribution in [1.82, 2.24) is 0 Å². The molecule has 112 valence electrons. The van der Waals surface area contributed by atoms with Crippen molar-refractivity contribution < 1.29 is 23.7 Å². The Kier molecular flexibility index (Phi) is 7.87. The summed E-state index contributed by atoms with van der Waals surface area (Å²) < 4.78 is 20.9. The molecule has 0 saturated heterocycles. The van der Waals surface area contributed by atoms with Gasteiger partial charge in [-0.3, -0.25) is 4.79 Å². The van der Waals surface area contributed by atoms with Gasteiger partial charge in [-0.1, -0.05) is 0 Å². The number of hydrogen-bond acceptors (Lipinski definition) is 5. The van der Waals surface area contributed by atoms with Gasteiger partial charge < -0.3 is 18.9 Å². The van der Waals surface area contributed by atoms with E-state index < -0.39 is 0 Å². The Hall–Kier alpha value is -1.43. The smallest absolute Gasteiger partial charge is 0.159 e. The first-order chi connectivity index (χ1) is 9.69. The average molecular weight is 282 g/mol. The monoisotopic (exact) mass is 282 g/mol. The topological polar surface area (TPSA) is 54.0 Å². The molecule has 0 fully saturated rings. The van der Waals surface area contributed by atoms with Crippen molar-refractivity contribution >= 4 is 5.78 Å². The van der Waals surface area contributed by atoms with E-state index in [0.717, 1.165) is 11.3 Å². The maximum atomic E-state index is 11.4. The molecule has 0 spiro atoms. The van der Waals surface area contributed by atoms with Crippen LogP contribution in [0.2, 0.25) is 0 Å². The standard InChI is InChI=1S/C15H22O5/c1-12(16)13-4-5-15(18-3)14(10-13)11-20-9-8-19-7-6-17-2/h4-5,10H,6-9,11H2,1-3H3. The lowest BCUT2D eigenvalue weighted by molar-refractivity contribution is 0.0196. The van der Waals surface area contributed by atoms with Crippen LogP contribution in [0.15, 0.2) is 18.2 Å². The number of hydrogen-bond donors (Lipinski definition) is 0. The number of carbonyl (C=O) groups excluding carboxylic acids is 1. The Morgan fingerprint density at radius 1 is 1.05 bits per heavy atom. The minimum Gasteiger partial charge on any atom is -0.496 e. The Morgan fingerprint density at radius 2 is 1.75 bits per heavy atom. The van der Waals surface area contributed by atoms with E-state index in [0.29, 0.717) is 38.6 Å². The van der Waals surface area contributed by atoms with Crippen LogP contribution in [0.25, 0.3) is 0 Å². The summed E-state index contributed by atoms with van der Waals surface area (Å²) in [5.41, 5.74) is 1.51. The van der Waals surface area contributed by atoms with Gasteiger partial charge in [0.1, 0.15) is 5.75 Å². The summed E-state index contributed by atoms with van der Waals surface area (Å²) >= 11 is 0. The average Bonchev–Trinajstić information content (AvgIpc) is 2.46. The molecule has 1 aromatic carbocycles. The van der Waals surface area contributed by atoms with E-state index in [1.165, 1.54) is 6.92 Å². The molecule has 20 heavy (non-hydrogen) atoms. The van der Waals surface area contributed by atoms with E-state index in [1.54, 1.807) is 32.4 Å². The van der Waals surface area contributed by atoms with Gasteiger partial charge in [-0.15, -0.1) is 0 Å². The summed E-state index contributed by atoms with van der Waals surface area (Å²) in [4.78, 5) is 11.4. The van der Waals surface area contributed by atoms with E-state index in [9.17, 15) is 4.79 Å². The summed E-state index contributed by atoms with van der Waals surface area (Å²) in [6, 6.07) is 5.33. The summed E-state index contributed by atoms with van der Waals surface area (Å²) in [5.74, 6) is 0.743. The summed E-state index contributed by atoms with van der Waals surface area (Å²) in [6.07, 6.45) is 0. The second kappa shape index (κ2) is 9.47. The van der Waals surface area contributed by atoms with Crippen molar-refractivity contribution in [3.63, 3.8) is 0 Å². The second-order valence-electron chi connectivity index (χ2n) is 4.24. The minimum absolute atomic E-state index is 0.0248. The van der Waals surface area contributed by atoms with Gasteiger partial charge in [0.15, 0.2) is 5.78 Å². The van der Waals surface area contributed by atoms with Gasteiger partial charge in [-0.25, -0.2) is 0 Å². The Bertz CT molecular complexity index is 417. The van der Waals surface area contributed by atoms with Crippen molar-refractivity contribution in [1.29, 1.82) is 0 Å². The second-order valence-corrected chi connectivity index (χ2v) is 4.24. The lowest BCUT2D eigenvalue weighted by Crippen LogP contribution is -2.08. The van der Waals surface area contributed by atoms with Crippen LogP contribution in [0.5, 0.6) is 5.75 Å². The van der Waals surface area contributed by atoms with E-state index in [-0.39, 0.29) is 5.78 Å². The largest absolute Gasteiger partial charge is 0.496 e. The number of ketones is 1. The van der Waals surface area contributed by atoms with Crippen LogP contribution >= 0.6 is 0 Å². The number of carbonyl (C=O) groups is 1. The van der Waals surface area contributed by atoms with Crippen LogP contribution in [-0.4, -0.2) is 46.4 Å². The lowest BCUT2D eigenvalue weighted by Gasteiger charge is -2.10. The van der Waals surface area contributed by atoms with Crippen molar-refractivity contribution in [2.75, 3.05) is 40.6 Å². The number of rotatable bonds is 10. The molecular weight excluding hydrogens is 260 g/mol. The summed E-state index contributed by atoms with van der Waals surface area (Å²) in [7, 11) is 3.23. The van der Waals surface area contributed by atoms with Crippen LogP contribution in [0.3, 0.4) is 0 Å². The van der Waals surface area contributed by atoms with E-state index in [4.69, 9.17) is 18.9 Å². The molecule has 0 aliphatic carbocycles. The van der Waals surface area contributed by atoms with Crippen LogP contribution in [0, 0.1) is 0 Å². The zero-order valence-corrected chi connectivity index (χ0v) is 12.3. The first-order valence-electron chi connectivity index (χ1n) is 6.51. The Balaban J connectivity index is 2.41. The van der Waals surface area contributed by atoms with Crippen molar-refractivity contribution in [2.45, 2.75) is 13.5 Å². The minimum atomic E-state index is 0.0248. The molecule has 0 heterocycles. The molecule has 0 aromatic heterocycles. The third-order valence-corrected chi connectivity index (χ3v) is 2.75. The maximum absolute atomic E-state index is 11.4. The molecule has 0 atom stereocenters. The third-order valence-electron chi connectivity index (χ3n) is 2.75. The van der Waals surface area contributed by atoms with Gasteiger partial charge >= 0.3 is 0 Å². The third kappa shape index (κ3) is 5.69. The first-order valence-corrected chi connectivity index (χ1v) is 6.51. The lowest BCUT2D eigenvalue weighted by atomic mass is 10.1. The van der Waals surface area contributed by atoms with Crippen LogP contribution in [0.1, 0.15) is 22.8 Å². The molecule has 0 aliphatic heterocycles.